The number of hydrogen-bond donors (Lipinski definition) is 1. The van der Waals surface area contributed by atoms with Crippen LogP contribution in [0.3, 0.4) is 0 Å². The largest absolute Gasteiger partial charge is 0.496 e. The minimum absolute atomic E-state index is 0.555. The standard InChI is InChI=1S/C15H14F2O2S/c1-9(18)15-13(19-2)4-3-5-14(15)20-10-6-7-11(16)12(17)8-10/h3-9,18H,1-2H3. The van der Waals surface area contributed by atoms with Crippen LogP contribution in [0.1, 0.15) is 18.6 Å². The molecule has 106 valence electrons. The zero-order chi connectivity index (χ0) is 14.7. The first-order valence-electron chi connectivity index (χ1n) is 6.00. The van der Waals surface area contributed by atoms with Gasteiger partial charge in [0.25, 0.3) is 0 Å². The lowest BCUT2D eigenvalue weighted by Crippen LogP contribution is -1.98. The summed E-state index contributed by atoms with van der Waals surface area (Å²) in [6.45, 7) is 1.63. The predicted molar refractivity (Wildman–Crippen MR) is 74.1 cm³/mol. The molecule has 2 rings (SSSR count). The summed E-state index contributed by atoms with van der Waals surface area (Å²) in [7, 11) is 1.52. The molecule has 2 aromatic carbocycles. The maximum atomic E-state index is 13.2. The Morgan fingerprint density at radius 3 is 2.50 bits per heavy atom. The van der Waals surface area contributed by atoms with Gasteiger partial charge in [0.1, 0.15) is 5.75 Å². The lowest BCUT2D eigenvalue weighted by molar-refractivity contribution is 0.191. The third-order valence-electron chi connectivity index (χ3n) is 2.78. The highest BCUT2D eigenvalue weighted by molar-refractivity contribution is 7.99. The summed E-state index contributed by atoms with van der Waals surface area (Å²) in [5, 5.41) is 9.87. The predicted octanol–water partition coefficient (Wildman–Crippen LogP) is 4.18. The number of aliphatic hydroxyl groups excluding tert-OH is 1. The molecule has 0 aliphatic heterocycles. The van der Waals surface area contributed by atoms with Gasteiger partial charge in [-0.2, -0.15) is 0 Å². The minimum Gasteiger partial charge on any atom is -0.496 e. The number of hydrogen-bond acceptors (Lipinski definition) is 3. The fourth-order valence-corrected chi connectivity index (χ4v) is 2.95. The fraction of sp³-hybridized carbons (Fsp3) is 0.200. The molecule has 1 atom stereocenters. The fourth-order valence-electron chi connectivity index (χ4n) is 1.87. The molecule has 0 saturated carbocycles. The molecule has 0 radical (unpaired) electrons. The number of benzene rings is 2. The molecule has 0 fully saturated rings. The first-order valence-corrected chi connectivity index (χ1v) is 6.82. The number of aliphatic hydroxyl groups is 1. The van der Waals surface area contributed by atoms with Crippen molar-refractivity contribution in [2.24, 2.45) is 0 Å². The normalized spacial score (nSPS) is 12.2. The van der Waals surface area contributed by atoms with E-state index in [2.05, 4.69) is 0 Å². The Balaban J connectivity index is 2.40. The highest BCUT2D eigenvalue weighted by atomic mass is 32.2. The van der Waals surface area contributed by atoms with Crippen molar-refractivity contribution < 1.29 is 18.6 Å². The first-order chi connectivity index (χ1) is 9.52. The Kier molecular flexibility index (Phi) is 4.62. The third kappa shape index (κ3) is 3.11. The molecule has 0 bridgehead atoms. The molecule has 0 saturated heterocycles. The minimum atomic E-state index is -0.892. The highest BCUT2D eigenvalue weighted by Crippen LogP contribution is 2.38. The average Bonchev–Trinajstić information content (AvgIpc) is 2.42. The van der Waals surface area contributed by atoms with Crippen LogP contribution in [0, 0.1) is 11.6 Å². The molecular weight excluding hydrogens is 282 g/mol. The second-order valence-corrected chi connectivity index (χ2v) is 5.34. The molecule has 0 aromatic heterocycles. The van der Waals surface area contributed by atoms with E-state index in [0.29, 0.717) is 16.2 Å². The lowest BCUT2D eigenvalue weighted by Gasteiger charge is -2.15. The molecule has 0 amide bonds. The van der Waals surface area contributed by atoms with Gasteiger partial charge in [0.15, 0.2) is 11.6 Å². The van der Waals surface area contributed by atoms with Gasteiger partial charge in [-0.1, -0.05) is 17.8 Å². The van der Waals surface area contributed by atoms with Gasteiger partial charge >= 0.3 is 0 Å². The summed E-state index contributed by atoms with van der Waals surface area (Å²) in [5.74, 6) is -1.21. The number of ether oxygens (including phenoxy) is 1. The van der Waals surface area contributed by atoms with Crippen LogP contribution in [0.5, 0.6) is 5.75 Å². The molecule has 5 heteroatoms. The van der Waals surface area contributed by atoms with Gasteiger partial charge in [0.2, 0.25) is 0 Å². The maximum absolute atomic E-state index is 13.2. The second-order valence-electron chi connectivity index (χ2n) is 4.23. The molecule has 20 heavy (non-hydrogen) atoms. The Morgan fingerprint density at radius 1 is 1.15 bits per heavy atom. The van der Waals surface area contributed by atoms with Crippen molar-refractivity contribution in [3.63, 3.8) is 0 Å². The SMILES string of the molecule is COc1cccc(Sc2ccc(F)c(F)c2)c1C(C)O. The monoisotopic (exact) mass is 296 g/mol. The summed E-state index contributed by atoms with van der Waals surface area (Å²) in [5.41, 5.74) is 0.629. The first kappa shape index (κ1) is 14.8. The smallest absolute Gasteiger partial charge is 0.159 e. The second kappa shape index (κ2) is 6.24. The van der Waals surface area contributed by atoms with E-state index in [1.165, 1.54) is 24.9 Å². The molecule has 1 unspecified atom stereocenters. The lowest BCUT2D eigenvalue weighted by atomic mass is 10.1. The van der Waals surface area contributed by atoms with Gasteiger partial charge in [-0.15, -0.1) is 0 Å². The summed E-state index contributed by atoms with van der Waals surface area (Å²) in [6, 6.07) is 9.04. The molecule has 2 aromatic rings. The van der Waals surface area contributed by atoms with E-state index in [9.17, 15) is 13.9 Å². The van der Waals surface area contributed by atoms with Crippen molar-refractivity contribution >= 4 is 11.8 Å². The molecule has 0 aliphatic carbocycles. The van der Waals surface area contributed by atoms with Gasteiger partial charge in [0.05, 0.1) is 13.2 Å². The van der Waals surface area contributed by atoms with E-state index in [0.717, 1.165) is 17.0 Å². The van der Waals surface area contributed by atoms with Crippen molar-refractivity contribution in [2.45, 2.75) is 22.8 Å². The maximum Gasteiger partial charge on any atom is 0.159 e. The molecule has 1 N–H and O–H groups in total. The number of rotatable bonds is 4. The van der Waals surface area contributed by atoms with Crippen LogP contribution in [0.25, 0.3) is 0 Å². The van der Waals surface area contributed by atoms with E-state index in [1.807, 2.05) is 0 Å². The number of halogens is 2. The van der Waals surface area contributed by atoms with Gasteiger partial charge in [0, 0.05) is 15.4 Å². The zero-order valence-electron chi connectivity index (χ0n) is 11.1. The van der Waals surface area contributed by atoms with Crippen LogP contribution in [0.15, 0.2) is 46.2 Å². The average molecular weight is 296 g/mol. The topological polar surface area (TPSA) is 29.5 Å². The Hall–Kier alpha value is -1.59. The van der Waals surface area contributed by atoms with E-state index >= 15 is 0 Å². The summed E-state index contributed by atoms with van der Waals surface area (Å²) < 4.78 is 31.4. The Labute approximate surface area is 120 Å². The summed E-state index contributed by atoms with van der Waals surface area (Å²) >= 11 is 1.25. The third-order valence-corrected chi connectivity index (χ3v) is 3.85. The van der Waals surface area contributed by atoms with Crippen LogP contribution in [-0.4, -0.2) is 12.2 Å². The van der Waals surface area contributed by atoms with Crippen LogP contribution < -0.4 is 4.74 Å². The Morgan fingerprint density at radius 2 is 1.90 bits per heavy atom. The van der Waals surface area contributed by atoms with Gasteiger partial charge < -0.3 is 9.84 Å². The number of methoxy groups -OCH3 is 1. The molecular formula is C15H14F2O2S. The Bertz CT molecular complexity index is 615. The van der Waals surface area contributed by atoms with Crippen LogP contribution >= 0.6 is 11.8 Å². The van der Waals surface area contributed by atoms with Crippen molar-refractivity contribution in [3.05, 3.63) is 53.6 Å². The van der Waals surface area contributed by atoms with Crippen LogP contribution in [0.2, 0.25) is 0 Å². The van der Waals surface area contributed by atoms with Crippen LogP contribution in [-0.2, 0) is 0 Å². The van der Waals surface area contributed by atoms with Crippen molar-refractivity contribution in [1.82, 2.24) is 0 Å². The van der Waals surface area contributed by atoms with E-state index in [-0.39, 0.29) is 0 Å². The van der Waals surface area contributed by atoms with Gasteiger partial charge in [-0.25, -0.2) is 8.78 Å². The zero-order valence-corrected chi connectivity index (χ0v) is 11.9. The quantitative estimate of drug-likeness (QED) is 0.918. The molecule has 0 heterocycles. The van der Waals surface area contributed by atoms with Crippen LogP contribution in [0.4, 0.5) is 8.78 Å². The molecule has 0 spiro atoms. The van der Waals surface area contributed by atoms with Crippen molar-refractivity contribution in [3.8, 4) is 5.75 Å². The van der Waals surface area contributed by atoms with Crippen molar-refractivity contribution in [2.75, 3.05) is 7.11 Å². The van der Waals surface area contributed by atoms with E-state index < -0.39 is 17.7 Å². The highest BCUT2D eigenvalue weighted by Gasteiger charge is 2.15. The molecule has 0 aliphatic rings. The summed E-state index contributed by atoms with van der Waals surface area (Å²) in [6.07, 6.45) is -0.723. The summed E-state index contributed by atoms with van der Waals surface area (Å²) in [4.78, 5) is 1.30. The van der Waals surface area contributed by atoms with Gasteiger partial charge in [-0.05, 0) is 37.3 Å². The van der Waals surface area contributed by atoms with E-state index in [1.54, 1.807) is 25.1 Å². The van der Waals surface area contributed by atoms with Gasteiger partial charge in [-0.3, -0.25) is 0 Å². The molecule has 2 nitrogen and oxygen atoms in total. The van der Waals surface area contributed by atoms with Crippen molar-refractivity contribution in [1.29, 1.82) is 0 Å². The van der Waals surface area contributed by atoms with E-state index in [4.69, 9.17) is 4.74 Å².